The SMILES string of the molecule is CN=C(NCc1ccccc1C)NC1CCN(c2ccccc2OC(F)F)C1. The van der Waals surface area contributed by atoms with Gasteiger partial charge in [0.1, 0.15) is 5.75 Å². The number of para-hydroxylation sites is 2. The number of aryl methyl sites for hydroxylation is 1. The largest absolute Gasteiger partial charge is 0.433 e. The van der Waals surface area contributed by atoms with Gasteiger partial charge in [-0.05, 0) is 36.6 Å². The molecule has 0 amide bonds. The smallest absolute Gasteiger partial charge is 0.387 e. The van der Waals surface area contributed by atoms with E-state index in [1.165, 1.54) is 11.1 Å². The molecule has 1 heterocycles. The summed E-state index contributed by atoms with van der Waals surface area (Å²) in [6, 6.07) is 15.3. The highest BCUT2D eigenvalue weighted by molar-refractivity contribution is 5.80. The molecule has 3 rings (SSSR count). The van der Waals surface area contributed by atoms with Crippen LogP contribution in [0.2, 0.25) is 0 Å². The highest BCUT2D eigenvalue weighted by Crippen LogP contribution is 2.31. The molecule has 1 aliphatic rings. The van der Waals surface area contributed by atoms with Gasteiger partial charge in [-0.3, -0.25) is 4.99 Å². The van der Waals surface area contributed by atoms with E-state index in [4.69, 9.17) is 0 Å². The van der Waals surface area contributed by atoms with Gasteiger partial charge < -0.3 is 20.3 Å². The number of benzene rings is 2. The van der Waals surface area contributed by atoms with Gasteiger partial charge in [-0.2, -0.15) is 8.78 Å². The molecule has 1 fully saturated rings. The lowest BCUT2D eigenvalue weighted by atomic mass is 10.1. The predicted octanol–water partition coefficient (Wildman–Crippen LogP) is 3.54. The van der Waals surface area contributed by atoms with E-state index >= 15 is 0 Å². The number of hydrogen-bond acceptors (Lipinski definition) is 3. The third kappa shape index (κ3) is 5.12. The fraction of sp³-hybridized carbons (Fsp3) is 0.381. The summed E-state index contributed by atoms with van der Waals surface area (Å²) in [4.78, 5) is 6.36. The third-order valence-electron chi connectivity index (χ3n) is 4.88. The lowest BCUT2D eigenvalue weighted by Crippen LogP contribution is -2.44. The second kappa shape index (κ2) is 9.39. The van der Waals surface area contributed by atoms with Gasteiger partial charge >= 0.3 is 6.61 Å². The average molecular weight is 388 g/mol. The Balaban J connectivity index is 1.57. The van der Waals surface area contributed by atoms with Crippen LogP contribution in [0.15, 0.2) is 53.5 Å². The Kier molecular flexibility index (Phi) is 6.68. The minimum Gasteiger partial charge on any atom is -0.433 e. The van der Waals surface area contributed by atoms with Gasteiger partial charge in [0.25, 0.3) is 0 Å². The van der Waals surface area contributed by atoms with Gasteiger partial charge in [0.2, 0.25) is 0 Å². The van der Waals surface area contributed by atoms with Gasteiger partial charge in [0, 0.05) is 32.7 Å². The van der Waals surface area contributed by atoms with Gasteiger partial charge in [0.15, 0.2) is 5.96 Å². The Bertz CT molecular complexity index is 812. The van der Waals surface area contributed by atoms with E-state index in [1.54, 1.807) is 19.2 Å². The molecule has 0 aromatic heterocycles. The summed E-state index contributed by atoms with van der Waals surface area (Å²) in [7, 11) is 1.74. The van der Waals surface area contributed by atoms with E-state index < -0.39 is 6.61 Å². The molecule has 2 aromatic rings. The molecular weight excluding hydrogens is 362 g/mol. The Morgan fingerprint density at radius 2 is 1.96 bits per heavy atom. The van der Waals surface area contributed by atoms with Crippen LogP contribution in [-0.2, 0) is 6.54 Å². The minimum atomic E-state index is -2.83. The standard InChI is InChI=1S/C21H26F2N4O/c1-15-7-3-4-8-16(15)13-25-21(24-2)26-17-11-12-27(14-17)18-9-5-6-10-19(18)28-20(22)23/h3-10,17,20H,11-14H2,1-2H3,(H2,24,25,26). The number of anilines is 1. The molecule has 28 heavy (non-hydrogen) atoms. The van der Waals surface area contributed by atoms with E-state index in [1.807, 2.05) is 24.3 Å². The maximum atomic E-state index is 12.7. The van der Waals surface area contributed by atoms with Crippen molar-refractivity contribution < 1.29 is 13.5 Å². The number of aliphatic imine (C=N–C) groups is 1. The first-order valence-corrected chi connectivity index (χ1v) is 9.37. The molecule has 0 aliphatic carbocycles. The van der Waals surface area contributed by atoms with Crippen molar-refractivity contribution in [3.05, 3.63) is 59.7 Å². The quantitative estimate of drug-likeness (QED) is 0.587. The molecule has 1 saturated heterocycles. The summed E-state index contributed by atoms with van der Waals surface area (Å²) in [5.74, 6) is 0.937. The highest BCUT2D eigenvalue weighted by atomic mass is 19.3. The maximum Gasteiger partial charge on any atom is 0.387 e. The number of ether oxygens (including phenoxy) is 1. The molecule has 0 radical (unpaired) electrons. The first-order chi connectivity index (χ1) is 13.6. The van der Waals surface area contributed by atoms with Crippen molar-refractivity contribution >= 4 is 11.6 Å². The van der Waals surface area contributed by atoms with E-state index in [0.29, 0.717) is 18.8 Å². The van der Waals surface area contributed by atoms with E-state index in [0.717, 1.165) is 18.9 Å². The lowest BCUT2D eigenvalue weighted by molar-refractivity contribution is -0.0495. The number of hydrogen-bond donors (Lipinski definition) is 2. The zero-order chi connectivity index (χ0) is 19.9. The van der Waals surface area contributed by atoms with Crippen LogP contribution >= 0.6 is 0 Å². The molecule has 7 heteroatoms. The zero-order valence-corrected chi connectivity index (χ0v) is 16.2. The summed E-state index contributed by atoms with van der Waals surface area (Å²) in [6.45, 7) is 1.39. The molecule has 2 aromatic carbocycles. The van der Waals surface area contributed by atoms with Crippen LogP contribution in [0.25, 0.3) is 0 Å². The second-order valence-corrected chi connectivity index (χ2v) is 6.77. The third-order valence-corrected chi connectivity index (χ3v) is 4.88. The van der Waals surface area contributed by atoms with Crippen LogP contribution in [0.5, 0.6) is 5.75 Å². The Labute approximate surface area is 164 Å². The Morgan fingerprint density at radius 1 is 1.21 bits per heavy atom. The first kappa shape index (κ1) is 19.9. The number of alkyl halides is 2. The summed E-state index contributed by atoms with van der Waals surface area (Å²) < 4.78 is 30.0. The van der Waals surface area contributed by atoms with Crippen molar-refractivity contribution in [2.75, 3.05) is 25.0 Å². The van der Waals surface area contributed by atoms with Gasteiger partial charge in [-0.1, -0.05) is 36.4 Å². The van der Waals surface area contributed by atoms with E-state index in [2.05, 4.69) is 44.3 Å². The monoisotopic (exact) mass is 388 g/mol. The van der Waals surface area contributed by atoms with E-state index in [-0.39, 0.29) is 11.8 Å². The molecule has 5 nitrogen and oxygen atoms in total. The molecule has 0 saturated carbocycles. The van der Waals surface area contributed by atoms with Crippen molar-refractivity contribution in [1.82, 2.24) is 10.6 Å². The predicted molar refractivity (Wildman–Crippen MR) is 108 cm³/mol. The highest BCUT2D eigenvalue weighted by Gasteiger charge is 2.26. The number of nitrogens with one attached hydrogen (secondary N) is 2. The number of rotatable bonds is 6. The number of halogens is 2. The van der Waals surface area contributed by atoms with Gasteiger partial charge in [-0.25, -0.2) is 0 Å². The first-order valence-electron chi connectivity index (χ1n) is 9.37. The summed E-state index contributed by atoms with van der Waals surface area (Å²) in [5, 5.41) is 6.77. The Morgan fingerprint density at radius 3 is 2.71 bits per heavy atom. The summed E-state index contributed by atoms with van der Waals surface area (Å²) in [5.41, 5.74) is 3.14. The molecule has 0 spiro atoms. The molecule has 1 unspecified atom stereocenters. The molecule has 0 bridgehead atoms. The fourth-order valence-corrected chi connectivity index (χ4v) is 3.39. The van der Waals surface area contributed by atoms with Crippen LogP contribution in [0.1, 0.15) is 17.5 Å². The second-order valence-electron chi connectivity index (χ2n) is 6.77. The zero-order valence-electron chi connectivity index (χ0n) is 16.2. The van der Waals surface area contributed by atoms with Crippen LogP contribution in [-0.4, -0.2) is 38.8 Å². The van der Waals surface area contributed by atoms with Crippen LogP contribution in [0.4, 0.5) is 14.5 Å². The van der Waals surface area contributed by atoms with Crippen molar-refractivity contribution in [1.29, 1.82) is 0 Å². The van der Waals surface area contributed by atoms with Crippen molar-refractivity contribution in [3.63, 3.8) is 0 Å². The van der Waals surface area contributed by atoms with Crippen molar-refractivity contribution in [3.8, 4) is 5.75 Å². The van der Waals surface area contributed by atoms with Crippen molar-refractivity contribution in [2.24, 2.45) is 4.99 Å². The van der Waals surface area contributed by atoms with Gasteiger partial charge in [-0.15, -0.1) is 0 Å². The van der Waals surface area contributed by atoms with Crippen LogP contribution in [0.3, 0.4) is 0 Å². The van der Waals surface area contributed by atoms with Crippen LogP contribution in [0, 0.1) is 6.92 Å². The lowest BCUT2D eigenvalue weighted by Gasteiger charge is -2.22. The normalized spacial score (nSPS) is 17.1. The Hall–Kier alpha value is -2.83. The van der Waals surface area contributed by atoms with E-state index in [9.17, 15) is 8.78 Å². The molecule has 1 aliphatic heterocycles. The molecule has 150 valence electrons. The number of nitrogens with zero attached hydrogens (tertiary/aromatic N) is 2. The fourth-order valence-electron chi connectivity index (χ4n) is 3.39. The molecule has 2 N–H and O–H groups in total. The van der Waals surface area contributed by atoms with Gasteiger partial charge in [0.05, 0.1) is 5.69 Å². The molecule has 1 atom stereocenters. The van der Waals surface area contributed by atoms with Crippen LogP contribution < -0.4 is 20.3 Å². The summed E-state index contributed by atoms with van der Waals surface area (Å²) >= 11 is 0. The number of guanidine groups is 1. The van der Waals surface area contributed by atoms with Crippen molar-refractivity contribution in [2.45, 2.75) is 32.5 Å². The average Bonchev–Trinajstić information content (AvgIpc) is 3.14. The summed E-state index contributed by atoms with van der Waals surface area (Å²) in [6.07, 6.45) is 0.883. The maximum absolute atomic E-state index is 12.7. The minimum absolute atomic E-state index is 0.169. The topological polar surface area (TPSA) is 48.9 Å². The molecular formula is C21H26F2N4O.